The smallest absolute Gasteiger partial charge is 0.403 e. The number of allylic oxidation sites excluding steroid dienone is 2. The molecule has 5 heterocycles. The van der Waals surface area contributed by atoms with Gasteiger partial charge >= 0.3 is 6.18 Å². The number of nitrogens with two attached hydrogens (primary N) is 1. The average molecular weight is 680 g/mol. The second-order valence-electron chi connectivity index (χ2n) is 13.4. The van der Waals surface area contributed by atoms with Gasteiger partial charge in [-0.25, -0.2) is 9.97 Å². The van der Waals surface area contributed by atoms with Crippen LogP contribution < -0.4 is 15.8 Å². The van der Waals surface area contributed by atoms with Gasteiger partial charge in [0.25, 0.3) is 5.91 Å². The Morgan fingerprint density at radius 3 is 2.65 bits per heavy atom. The SMILES string of the molecule is COc1cc(C(=O)N2CC[C@@H](OC)[C@@H](N)C2)cc2nc(-c3cc4ccc5nc4n3CCC/C=C/[C@@H]3C[C@@]3(C(F)(F)F)C(=O)N[C@@H]5C)n(C)c12. The standard InChI is InChI=1S/C35H40F3N7O4/c1-19-24-10-9-20-15-26(45(30(20)41-24)12-7-5-6-8-22-17-34(22,33(47)40-19)35(36,37)38)31-42-25-14-21(16-28(49-4)29(25)43(31)2)32(46)44-13-11-27(48-3)23(39)18-44/h6,8-10,14-16,19,22-23,27H,5,7,11-13,17-18,39H2,1-4H3,(H,40,47)/b8-6+/t19-,22-,23+,27-,34+/m1/s1. The maximum Gasteiger partial charge on any atom is 0.403 e. The summed E-state index contributed by atoms with van der Waals surface area (Å²) in [5.41, 5.74) is 7.49. The maximum absolute atomic E-state index is 14.1. The van der Waals surface area contributed by atoms with Gasteiger partial charge in [0.2, 0.25) is 5.91 Å². The van der Waals surface area contributed by atoms with E-state index in [9.17, 15) is 22.8 Å². The number of nitrogens with one attached hydrogen (secondary N) is 1. The molecule has 2 aliphatic heterocycles. The van der Waals surface area contributed by atoms with Crippen LogP contribution in [-0.2, 0) is 23.1 Å². The fourth-order valence-corrected chi connectivity index (χ4v) is 7.50. The number of carbonyl (C=O) groups is 2. The Bertz CT molecular complexity index is 1980. The molecule has 11 nitrogen and oxygen atoms in total. The summed E-state index contributed by atoms with van der Waals surface area (Å²) in [4.78, 5) is 38.3. The van der Waals surface area contributed by atoms with Crippen molar-refractivity contribution in [3.63, 3.8) is 0 Å². The lowest BCUT2D eigenvalue weighted by Crippen LogP contribution is -2.53. The molecule has 49 heavy (non-hydrogen) atoms. The zero-order chi connectivity index (χ0) is 34.8. The largest absolute Gasteiger partial charge is 0.494 e. The van der Waals surface area contributed by atoms with Gasteiger partial charge in [0.15, 0.2) is 11.2 Å². The van der Waals surface area contributed by atoms with Crippen molar-refractivity contribution in [1.29, 1.82) is 0 Å². The van der Waals surface area contributed by atoms with Gasteiger partial charge in [-0.3, -0.25) is 9.59 Å². The second-order valence-corrected chi connectivity index (χ2v) is 13.4. The molecule has 2 amide bonds. The van der Waals surface area contributed by atoms with Gasteiger partial charge in [-0.15, -0.1) is 0 Å². The van der Waals surface area contributed by atoms with Crippen molar-refractivity contribution < 1.29 is 32.2 Å². The van der Waals surface area contributed by atoms with Crippen molar-refractivity contribution in [2.24, 2.45) is 24.1 Å². The molecule has 0 radical (unpaired) electrons. The van der Waals surface area contributed by atoms with Crippen LogP contribution in [0.1, 0.15) is 54.7 Å². The molecule has 3 aliphatic rings. The third kappa shape index (κ3) is 5.45. The Balaban J connectivity index is 1.27. The number of halogens is 3. The zero-order valence-corrected chi connectivity index (χ0v) is 27.9. The first kappa shape index (κ1) is 33.1. The van der Waals surface area contributed by atoms with Crippen LogP contribution in [0.25, 0.3) is 33.6 Å². The monoisotopic (exact) mass is 679 g/mol. The number of rotatable bonds is 4. The number of methoxy groups -OCH3 is 2. The quantitative estimate of drug-likeness (QED) is 0.294. The molecule has 0 spiro atoms. The van der Waals surface area contributed by atoms with Gasteiger partial charge in [0.1, 0.15) is 16.9 Å². The first-order chi connectivity index (χ1) is 23.4. The molecule has 1 aliphatic carbocycles. The summed E-state index contributed by atoms with van der Waals surface area (Å²) in [7, 11) is 5.07. The number of aryl methyl sites for hydroxylation is 2. The summed E-state index contributed by atoms with van der Waals surface area (Å²) in [6.45, 7) is 3.07. The zero-order valence-electron chi connectivity index (χ0n) is 27.9. The van der Waals surface area contributed by atoms with Crippen LogP contribution in [0.15, 0.2) is 42.5 Å². The number of fused-ring (bicyclic) bond motifs is 3. The van der Waals surface area contributed by atoms with E-state index in [1.807, 2.05) is 23.7 Å². The highest BCUT2D eigenvalue weighted by Gasteiger charge is 2.74. The number of carbonyl (C=O) groups excluding carboxylic acids is 2. The van der Waals surface area contributed by atoms with E-state index in [-0.39, 0.29) is 24.5 Å². The molecule has 0 unspecified atom stereocenters. The molecule has 1 saturated heterocycles. The number of hydrogen-bond acceptors (Lipinski definition) is 7. The summed E-state index contributed by atoms with van der Waals surface area (Å²) in [5.74, 6) is -0.946. The van der Waals surface area contributed by atoms with Gasteiger partial charge in [-0.2, -0.15) is 13.2 Å². The highest BCUT2D eigenvalue weighted by atomic mass is 19.4. The van der Waals surface area contributed by atoms with Crippen LogP contribution >= 0.6 is 0 Å². The van der Waals surface area contributed by atoms with Crippen LogP contribution in [0.2, 0.25) is 0 Å². The number of amides is 2. The highest BCUT2D eigenvalue weighted by molar-refractivity contribution is 6.00. The van der Waals surface area contributed by atoms with Crippen molar-refractivity contribution in [2.45, 2.75) is 63.5 Å². The van der Waals surface area contributed by atoms with Crippen LogP contribution in [0.5, 0.6) is 5.75 Å². The van der Waals surface area contributed by atoms with Gasteiger partial charge in [-0.05, 0) is 62.9 Å². The fourth-order valence-electron chi connectivity index (χ4n) is 7.50. The Hall–Kier alpha value is -4.43. The molecular formula is C35H40F3N7O4. The summed E-state index contributed by atoms with van der Waals surface area (Å²) in [5, 5.41) is 3.42. The highest BCUT2D eigenvalue weighted by Crippen LogP contribution is 2.63. The Kier molecular flexibility index (Phi) is 8.21. The summed E-state index contributed by atoms with van der Waals surface area (Å²) in [6.07, 6.45) is 0.0674. The molecule has 1 aromatic carbocycles. The molecule has 3 N–H and O–H groups in total. The average Bonchev–Trinajstić information content (AvgIpc) is 3.60. The van der Waals surface area contributed by atoms with Gasteiger partial charge in [-0.1, -0.05) is 12.2 Å². The molecule has 260 valence electrons. The van der Waals surface area contributed by atoms with Crippen molar-refractivity contribution in [3.8, 4) is 17.3 Å². The van der Waals surface area contributed by atoms with E-state index in [1.54, 1.807) is 50.3 Å². The molecule has 14 heteroatoms. The van der Waals surface area contributed by atoms with Crippen LogP contribution in [0.4, 0.5) is 13.2 Å². The third-order valence-corrected chi connectivity index (χ3v) is 10.4. The first-order valence-corrected chi connectivity index (χ1v) is 16.5. The predicted molar refractivity (Wildman–Crippen MR) is 177 cm³/mol. The summed E-state index contributed by atoms with van der Waals surface area (Å²) >= 11 is 0. The number of nitrogens with zero attached hydrogens (tertiary/aromatic N) is 5. The lowest BCUT2D eigenvalue weighted by molar-refractivity contribution is -0.195. The summed E-state index contributed by atoms with van der Waals surface area (Å²) < 4.78 is 57.6. The first-order valence-electron chi connectivity index (χ1n) is 16.5. The minimum absolute atomic E-state index is 0.0986. The number of imidazole rings is 1. The van der Waals surface area contributed by atoms with Crippen molar-refractivity contribution >= 4 is 33.9 Å². The Labute approximate surface area is 281 Å². The predicted octanol–water partition coefficient (Wildman–Crippen LogP) is 4.88. The van der Waals surface area contributed by atoms with E-state index in [1.165, 1.54) is 6.08 Å². The number of piperidine rings is 1. The molecule has 1 saturated carbocycles. The minimum Gasteiger partial charge on any atom is -0.494 e. The normalized spacial score (nSPS) is 26.8. The van der Waals surface area contributed by atoms with E-state index < -0.39 is 29.5 Å². The number of alkyl halides is 3. The number of pyridine rings is 1. The molecule has 2 bridgehead atoms. The minimum atomic E-state index is -4.65. The second kappa shape index (κ2) is 12.2. The van der Waals surface area contributed by atoms with Crippen molar-refractivity contribution in [3.05, 3.63) is 53.7 Å². The van der Waals surface area contributed by atoms with Gasteiger partial charge < -0.3 is 34.6 Å². The number of hydrogen-bond donors (Lipinski definition) is 2. The molecule has 2 fully saturated rings. The fraction of sp³-hybridized carbons (Fsp3) is 0.486. The maximum atomic E-state index is 14.1. The third-order valence-electron chi connectivity index (χ3n) is 10.4. The van der Waals surface area contributed by atoms with E-state index >= 15 is 0 Å². The lowest BCUT2D eigenvalue weighted by Gasteiger charge is -2.36. The van der Waals surface area contributed by atoms with Crippen LogP contribution in [0, 0.1) is 11.3 Å². The van der Waals surface area contributed by atoms with Crippen molar-refractivity contribution in [2.75, 3.05) is 27.3 Å². The topological polar surface area (TPSA) is 130 Å². The Morgan fingerprint density at radius 1 is 1.14 bits per heavy atom. The Morgan fingerprint density at radius 2 is 1.94 bits per heavy atom. The van der Waals surface area contributed by atoms with E-state index in [2.05, 4.69) is 9.88 Å². The number of benzene rings is 1. The van der Waals surface area contributed by atoms with Gasteiger partial charge in [0, 0.05) is 56.7 Å². The number of aromatic nitrogens is 4. The molecule has 5 atom stereocenters. The molecule has 4 aromatic rings. The van der Waals surface area contributed by atoms with E-state index in [0.717, 1.165) is 11.1 Å². The lowest BCUT2D eigenvalue weighted by atomic mass is 10.00. The van der Waals surface area contributed by atoms with Gasteiger partial charge in [0.05, 0.1) is 36.2 Å². The van der Waals surface area contributed by atoms with Crippen LogP contribution in [0.3, 0.4) is 0 Å². The van der Waals surface area contributed by atoms with E-state index in [4.69, 9.17) is 25.2 Å². The summed E-state index contributed by atoms with van der Waals surface area (Å²) in [6, 6.07) is 8.05. The van der Waals surface area contributed by atoms with Crippen LogP contribution in [-0.4, -0.2) is 81.4 Å². The molecule has 7 rings (SSSR count). The van der Waals surface area contributed by atoms with Crippen molar-refractivity contribution in [1.82, 2.24) is 29.3 Å². The molecular weight excluding hydrogens is 639 g/mol. The number of ether oxygens (including phenoxy) is 2. The van der Waals surface area contributed by atoms with E-state index in [0.29, 0.717) is 78.4 Å². The number of likely N-dealkylation sites (tertiary alicyclic amines) is 1. The molecule has 3 aromatic heterocycles.